The van der Waals surface area contributed by atoms with Crippen LogP contribution in [-0.4, -0.2) is 17.6 Å². The Morgan fingerprint density at radius 1 is 1.07 bits per heavy atom. The zero-order chi connectivity index (χ0) is 19.2. The van der Waals surface area contributed by atoms with Gasteiger partial charge in [0, 0.05) is 16.1 Å². The molecule has 0 aliphatic carbocycles. The Balaban J connectivity index is 0.00000280. The fraction of sp³-hybridized carbons (Fsp3) is 0.0909. The Bertz CT molecular complexity index is 1000. The van der Waals surface area contributed by atoms with Gasteiger partial charge in [-0.1, -0.05) is 54.1 Å². The minimum Gasteiger partial charge on any atom is -0.543 e. The molecule has 1 aromatic heterocycles. The van der Waals surface area contributed by atoms with Gasteiger partial charge in [0.15, 0.2) is 0 Å². The fourth-order valence-corrected chi connectivity index (χ4v) is 2.88. The number of aromatic carboxylic acids is 1. The smallest absolute Gasteiger partial charge is 0.543 e. The number of carbonyl (C=O) groups excluding carboxylic acids is 1. The number of carbonyl (C=O) groups is 1. The van der Waals surface area contributed by atoms with E-state index in [0.717, 1.165) is 16.7 Å². The fourth-order valence-electron chi connectivity index (χ4n) is 2.71. The van der Waals surface area contributed by atoms with Crippen LogP contribution in [0.3, 0.4) is 0 Å². The summed E-state index contributed by atoms with van der Waals surface area (Å²) in [4.78, 5) is 15.4. The zero-order valence-electron chi connectivity index (χ0n) is 15.7. The van der Waals surface area contributed by atoms with Gasteiger partial charge in [-0.2, -0.15) is 0 Å². The Morgan fingerprint density at radius 3 is 2.54 bits per heavy atom. The van der Waals surface area contributed by atoms with E-state index in [4.69, 9.17) is 16.3 Å². The Labute approximate surface area is 191 Å². The van der Waals surface area contributed by atoms with Crippen molar-refractivity contribution < 1.29 is 44.2 Å². The second kappa shape index (κ2) is 10.4. The molecule has 0 amide bonds. The maximum atomic E-state index is 11.2. The second-order valence-electron chi connectivity index (χ2n) is 5.76. The van der Waals surface area contributed by atoms with E-state index in [0.29, 0.717) is 23.1 Å². The summed E-state index contributed by atoms with van der Waals surface area (Å²) in [7, 11) is 0. The number of benzene rings is 2. The van der Waals surface area contributed by atoms with Crippen molar-refractivity contribution in [3.63, 3.8) is 0 Å². The monoisotopic (exact) mass is 401 g/mol. The Morgan fingerprint density at radius 2 is 1.82 bits per heavy atom. The molecule has 3 aromatic rings. The van der Waals surface area contributed by atoms with Crippen molar-refractivity contribution in [1.29, 1.82) is 0 Å². The average molecular weight is 402 g/mol. The number of rotatable bonds is 6. The van der Waals surface area contributed by atoms with Crippen molar-refractivity contribution >= 4 is 17.6 Å². The van der Waals surface area contributed by atoms with Gasteiger partial charge in [-0.05, 0) is 42.8 Å². The average Bonchev–Trinajstić information content (AvgIpc) is 2.69. The van der Waals surface area contributed by atoms with E-state index >= 15 is 0 Å². The van der Waals surface area contributed by atoms with Crippen molar-refractivity contribution in [3.05, 3.63) is 83.5 Å². The molecule has 0 radical (unpaired) electrons. The first-order chi connectivity index (χ1) is 13.1. The third kappa shape index (κ3) is 5.24. The normalized spacial score (nSPS) is 10.5. The van der Waals surface area contributed by atoms with E-state index in [9.17, 15) is 9.90 Å². The number of halogens is 1. The van der Waals surface area contributed by atoms with Crippen LogP contribution >= 0.6 is 11.6 Å². The van der Waals surface area contributed by atoms with Crippen LogP contribution in [0.5, 0.6) is 5.75 Å². The predicted octanol–water partition coefficient (Wildman–Crippen LogP) is 1.39. The van der Waals surface area contributed by atoms with Crippen molar-refractivity contribution in [3.8, 4) is 28.1 Å². The first kappa shape index (κ1) is 22.2. The van der Waals surface area contributed by atoms with Crippen LogP contribution in [0.4, 0.5) is 0 Å². The van der Waals surface area contributed by atoms with Gasteiger partial charge in [-0.15, -0.1) is 0 Å². The quantitative estimate of drug-likeness (QED) is 0.462. The van der Waals surface area contributed by atoms with Gasteiger partial charge >= 0.3 is 29.6 Å². The molecule has 136 valence electrons. The predicted molar refractivity (Wildman–Crippen MR) is 105 cm³/mol. The molecule has 0 unspecified atom stereocenters. The summed E-state index contributed by atoms with van der Waals surface area (Å²) >= 11 is 6.22. The molecule has 28 heavy (non-hydrogen) atoms. The summed E-state index contributed by atoms with van der Waals surface area (Å²) in [5, 5.41) is 11.7. The van der Waals surface area contributed by atoms with E-state index in [2.05, 4.69) is 4.98 Å². The maximum absolute atomic E-state index is 11.2. The van der Waals surface area contributed by atoms with Crippen molar-refractivity contribution in [2.45, 2.75) is 6.92 Å². The van der Waals surface area contributed by atoms with Gasteiger partial charge in [0.25, 0.3) is 0 Å². The van der Waals surface area contributed by atoms with Crippen molar-refractivity contribution in [2.24, 2.45) is 0 Å². The number of nitrogens with zero attached hydrogens (tertiary/aromatic N) is 1. The number of aromatic nitrogens is 1. The van der Waals surface area contributed by atoms with Crippen LogP contribution in [-0.2, 0) is 0 Å². The molecule has 0 saturated heterocycles. The standard InChI is InChI=1S/C22H18ClNO3.Na/c1-2-3-13-27-21-12-11-15(23)14-18(21)16-7-4-5-8-17(16)19-9-6-10-20(24-19)22(25)26;/h2-12,14H,13H2,1H3,(H,25,26);/q;+1/p-1/b3-2+;. The molecular formula is C22H17ClNNaO3. The second-order valence-corrected chi connectivity index (χ2v) is 6.20. The van der Waals surface area contributed by atoms with Crippen LogP contribution < -0.4 is 39.4 Å². The molecule has 0 spiro atoms. The summed E-state index contributed by atoms with van der Waals surface area (Å²) in [5.74, 6) is -0.631. The van der Waals surface area contributed by atoms with Gasteiger partial charge in [0.2, 0.25) is 0 Å². The number of ether oxygens (including phenoxy) is 1. The molecule has 3 rings (SSSR count). The van der Waals surface area contributed by atoms with Gasteiger partial charge in [0.05, 0.1) is 17.4 Å². The van der Waals surface area contributed by atoms with Crippen LogP contribution in [0.2, 0.25) is 5.02 Å². The Hall–Kier alpha value is -2.11. The van der Waals surface area contributed by atoms with Crippen molar-refractivity contribution in [1.82, 2.24) is 4.98 Å². The van der Waals surface area contributed by atoms with E-state index in [1.54, 1.807) is 18.2 Å². The summed E-state index contributed by atoms with van der Waals surface area (Å²) in [6, 6.07) is 17.8. The van der Waals surface area contributed by atoms with E-state index in [1.165, 1.54) is 6.07 Å². The number of hydrogen-bond donors (Lipinski definition) is 0. The number of pyridine rings is 1. The van der Waals surface area contributed by atoms with Gasteiger partial charge < -0.3 is 14.6 Å². The van der Waals surface area contributed by atoms with Gasteiger partial charge in [0.1, 0.15) is 12.4 Å². The first-order valence-corrected chi connectivity index (χ1v) is 8.79. The number of allylic oxidation sites excluding steroid dienone is 1. The molecule has 0 fully saturated rings. The summed E-state index contributed by atoms with van der Waals surface area (Å²) < 4.78 is 5.87. The minimum absolute atomic E-state index is 0. The molecule has 0 aliphatic heterocycles. The molecule has 0 saturated carbocycles. The van der Waals surface area contributed by atoms with Crippen LogP contribution in [0, 0.1) is 0 Å². The molecule has 0 bridgehead atoms. The molecule has 0 N–H and O–H groups in total. The first-order valence-electron chi connectivity index (χ1n) is 8.42. The number of carboxylic acid groups (broad SMARTS) is 1. The Kier molecular flexibility index (Phi) is 8.27. The number of carboxylic acids is 1. The van der Waals surface area contributed by atoms with Gasteiger partial charge in [-0.25, -0.2) is 4.98 Å². The summed E-state index contributed by atoms with van der Waals surface area (Å²) in [5.41, 5.74) is 2.85. The maximum Gasteiger partial charge on any atom is 1.00 e. The summed E-state index contributed by atoms with van der Waals surface area (Å²) in [6.45, 7) is 2.36. The number of hydrogen-bond acceptors (Lipinski definition) is 4. The third-order valence-corrected chi connectivity index (χ3v) is 4.20. The van der Waals surface area contributed by atoms with Crippen molar-refractivity contribution in [2.75, 3.05) is 6.61 Å². The molecule has 2 aromatic carbocycles. The molecule has 4 nitrogen and oxygen atoms in total. The topological polar surface area (TPSA) is 62.2 Å². The summed E-state index contributed by atoms with van der Waals surface area (Å²) in [6.07, 6.45) is 3.83. The zero-order valence-corrected chi connectivity index (χ0v) is 18.4. The third-order valence-electron chi connectivity index (χ3n) is 3.96. The largest absolute Gasteiger partial charge is 1.00 e. The van der Waals surface area contributed by atoms with E-state index in [-0.39, 0.29) is 35.3 Å². The molecule has 0 atom stereocenters. The molecule has 0 aliphatic rings. The van der Waals surface area contributed by atoms with Crippen LogP contribution in [0.1, 0.15) is 17.4 Å². The SMILES string of the molecule is C/C=C/COc1ccc(Cl)cc1-c1ccccc1-c1cccc(C(=O)[O-])n1.[Na+]. The molecule has 6 heteroatoms. The molecular weight excluding hydrogens is 385 g/mol. The van der Waals surface area contributed by atoms with E-state index in [1.807, 2.05) is 55.5 Å². The van der Waals surface area contributed by atoms with Crippen LogP contribution in [0.25, 0.3) is 22.4 Å². The van der Waals surface area contributed by atoms with Crippen LogP contribution in [0.15, 0.2) is 72.8 Å². The minimum atomic E-state index is -1.31. The van der Waals surface area contributed by atoms with E-state index < -0.39 is 5.97 Å². The van der Waals surface area contributed by atoms with Gasteiger partial charge in [-0.3, -0.25) is 0 Å². The molecule has 1 heterocycles.